The van der Waals surface area contributed by atoms with Crippen molar-refractivity contribution in [3.63, 3.8) is 0 Å². The number of aryl methyl sites for hydroxylation is 4. The third-order valence-corrected chi connectivity index (χ3v) is 21.7. The fourth-order valence-corrected chi connectivity index (χ4v) is 14.7. The molecule has 0 saturated carbocycles. The summed E-state index contributed by atoms with van der Waals surface area (Å²) in [5, 5.41) is 50.4. The van der Waals surface area contributed by atoms with E-state index < -0.39 is 78.5 Å². The molecule has 7 aromatic carbocycles. The van der Waals surface area contributed by atoms with Crippen LogP contribution in [0.4, 0.5) is 64.6 Å². The normalized spacial score (nSPS) is 14.6. The lowest BCUT2D eigenvalue weighted by Gasteiger charge is -2.30. The maximum atomic E-state index is 14.3. The first-order valence-electron chi connectivity index (χ1n) is 40.7. The molecule has 0 radical (unpaired) electrons. The molecule has 16 rings (SSSR count). The molecular weight excluding hydrogens is 1630 g/mol. The fraction of sp³-hybridized carbons (Fsp3) is 0.292. The molecule has 4 aliphatic rings. The van der Waals surface area contributed by atoms with Gasteiger partial charge in [-0.25, -0.2) is 35.1 Å². The van der Waals surface area contributed by atoms with E-state index in [9.17, 15) is 54.3 Å². The van der Waals surface area contributed by atoms with E-state index in [0.717, 1.165) is 111 Å². The number of carbonyl (C=O) groups is 4. The van der Waals surface area contributed by atoms with Gasteiger partial charge in [-0.15, -0.1) is 30.0 Å². The second-order valence-corrected chi connectivity index (χ2v) is 29.9. The molecule has 0 saturated heterocycles. The number of anilines is 5. The summed E-state index contributed by atoms with van der Waals surface area (Å²) in [6, 6.07) is 42.5. The predicted octanol–water partition coefficient (Wildman–Crippen LogP) is 15.9. The highest BCUT2D eigenvalue weighted by atomic mass is 35.5. The summed E-state index contributed by atoms with van der Waals surface area (Å²) in [7, 11) is 1.70. The van der Waals surface area contributed by atoms with Crippen LogP contribution in [0.2, 0.25) is 0 Å². The van der Waals surface area contributed by atoms with Gasteiger partial charge in [0, 0.05) is 98.3 Å². The monoisotopic (exact) mass is 1720 g/mol. The molecule has 0 aliphatic carbocycles. The number of nitrogens with one attached hydrogen (secondary N) is 1. The zero-order chi connectivity index (χ0) is 89.6. The number of halogens is 9. The van der Waals surface area contributed by atoms with E-state index in [1.165, 1.54) is 57.4 Å². The average molecular weight is 1720 g/mol. The third kappa shape index (κ3) is 21.6. The van der Waals surface area contributed by atoms with Gasteiger partial charge < -0.3 is 24.9 Å². The van der Waals surface area contributed by atoms with Crippen LogP contribution in [0.25, 0.3) is 22.3 Å². The van der Waals surface area contributed by atoms with Crippen LogP contribution in [0.15, 0.2) is 186 Å². The van der Waals surface area contributed by atoms with Crippen molar-refractivity contribution in [2.24, 2.45) is 14.0 Å². The lowest BCUT2D eigenvalue weighted by Crippen LogP contribution is -2.32. The van der Waals surface area contributed by atoms with Gasteiger partial charge in [0.2, 0.25) is 13.6 Å². The van der Waals surface area contributed by atoms with Crippen LogP contribution in [0.5, 0.6) is 0 Å². The van der Waals surface area contributed by atoms with Gasteiger partial charge in [-0.2, -0.15) is 9.59 Å². The van der Waals surface area contributed by atoms with Gasteiger partial charge in [-0.1, -0.05) is 166 Å². The molecule has 12 aromatic rings. The number of hydrogen-bond donors (Lipinski definition) is 1. The van der Waals surface area contributed by atoms with Crippen molar-refractivity contribution in [1.29, 1.82) is 0 Å². The van der Waals surface area contributed by atoms with Crippen LogP contribution in [-0.4, -0.2) is 161 Å². The molecular formula is C89H89ClF8N22O4. The third-order valence-electron chi connectivity index (χ3n) is 21.3. The highest BCUT2D eigenvalue weighted by molar-refractivity contribution is 6.33. The fourth-order valence-electron chi connectivity index (χ4n) is 14.4. The number of amides is 1. The van der Waals surface area contributed by atoms with Crippen molar-refractivity contribution in [2.45, 2.75) is 107 Å². The van der Waals surface area contributed by atoms with Gasteiger partial charge >= 0.3 is 0 Å². The van der Waals surface area contributed by atoms with E-state index >= 15 is 0 Å². The zero-order valence-electron chi connectivity index (χ0n) is 70.7. The van der Waals surface area contributed by atoms with E-state index in [2.05, 4.69) is 85.8 Å². The zero-order valence-corrected chi connectivity index (χ0v) is 68.5. The number of Topliss-reactive ketones (excluding diaryl/α,β-unsaturated/α-hetero) is 3. The van der Waals surface area contributed by atoms with Crippen molar-refractivity contribution in [1.82, 2.24) is 85.8 Å². The quantitative estimate of drug-likeness (QED) is 0.0487. The smallest absolute Gasteiger partial charge is 0.266 e. The summed E-state index contributed by atoms with van der Waals surface area (Å²) in [5.41, 5.74) is 14.5. The molecule has 642 valence electrons. The number of benzene rings is 7. The summed E-state index contributed by atoms with van der Waals surface area (Å²) in [5.74, 6) is -5.23. The SMILES string of the molecule is C.CC1=C(c2ccc(NC(=O)c3cccc(C)c3F)cc2)CN(c2nnn(CF)n2)CC1.CCC1=C(c2ccc(CC(=O)c3cccc(C)c3F)cc2)CN(c2nnn(CF)n2)CC1.Cn1nnc(N2CCC(Cl)=C(c3ccc(CC(=O)c4c(F)cccc4F)nc3)C2)n1.[2H]C([2H])([2H])n1nnc(N2CCC(C)=C(c3ccc(CC(=O)c4cccc(F)c4F)cc3)C2)n1. The van der Waals surface area contributed by atoms with Crippen LogP contribution < -0.4 is 24.9 Å². The number of ketones is 3. The summed E-state index contributed by atoms with van der Waals surface area (Å²) in [4.78, 5) is 65.7. The number of hydrogen-bond acceptors (Lipinski definition) is 21. The number of pyridine rings is 1. The second-order valence-electron chi connectivity index (χ2n) is 29.5. The first-order valence-corrected chi connectivity index (χ1v) is 39.6. The first kappa shape index (κ1) is 85.3. The van der Waals surface area contributed by atoms with Crippen LogP contribution in [-0.2, 0) is 46.9 Å². The average Bonchev–Trinajstić information content (AvgIpc) is 1.71. The molecule has 1 N–H and O–H groups in total. The summed E-state index contributed by atoms with van der Waals surface area (Å²) < 4.78 is 131. The Morgan fingerprint density at radius 2 is 0.879 bits per heavy atom. The van der Waals surface area contributed by atoms with E-state index in [1.807, 2.05) is 75.1 Å². The Bertz CT molecular complexity index is 6100. The highest BCUT2D eigenvalue weighted by Crippen LogP contribution is 2.35. The number of aromatic nitrogens is 17. The summed E-state index contributed by atoms with van der Waals surface area (Å²) in [6.07, 6.45) is 5.48. The van der Waals surface area contributed by atoms with Crippen molar-refractivity contribution in [3.05, 3.63) is 293 Å². The molecule has 5 aromatic heterocycles. The number of carbonyl (C=O) groups excluding carboxylic acids is 4. The Morgan fingerprint density at radius 3 is 1.37 bits per heavy atom. The molecule has 124 heavy (non-hydrogen) atoms. The largest absolute Gasteiger partial charge is 0.334 e. The molecule has 0 fully saturated rings. The molecule has 0 atom stereocenters. The van der Waals surface area contributed by atoms with Crippen LogP contribution in [0.3, 0.4) is 0 Å². The molecule has 1 amide bonds. The van der Waals surface area contributed by atoms with Gasteiger partial charge in [-0.3, -0.25) is 24.2 Å². The standard InChI is InChI=1S/C24H25F2N5O.C22H22F2N6O.C22H21F2N5O.C20H17ClF2N6O.CH4/c1-3-18-11-12-30(24-27-29-31(15-25)28-24)14-21(18)19-9-7-17(8-10-19)13-22(32)20-6-4-5-16(2)23(20)26;1-14-10-11-29(22-26-28-30(13-23)27-22)12-19(14)16-6-8-17(9-7-16)25-21(31)18-5-3-4-15(2)20(18)24;1-14-10-11-29(22-25-27-28(2)26-22)13-18(14)16-8-6-15(7-9-16)12-20(30)17-4-3-5-19(23)21(17)24;1-28-26-20(25-27-28)29-8-7-15(21)14(11-29)12-5-6-13(24-10-12)9-18(30)19-16(22)3-2-4-17(19)23;/h4-10H,3,11-15H2,1-2H3;3-9H,10-13H2,1-2H3,(H,25,31);3-9H,10-13H2,1-2H3;2-6,10H,7-9,11H2,1H3;1H4/i;;2D3;;. The minimum atomic E-state index is -2.49. The Morgan fingerprint density at radius 1 is 0.452 bits per heavy atom. The molecule has 0 unspecified atom stereocenters. The van der Waals surface area contributed by atoms with Crippen molar-refractivity contribution >= 4 is 86.6 Å². The second kappa shape index (κ2) is 40.8. The van der Waals surface area contributed by atoms with Crippen LogP contribution >= 0.6 is 11.6 Å². The molecule has 0 spiro atoms. The topological polar surface area (TPSA) is 281 Å². The number of alkyl halides is 2. The highest BCUT2D eigenvalue weighted by Gasteiger charge is 2.29. The predicted molar refractivity (Wildman–Crippen MR) is 455 cm³/mol. The lowest BCUT2D eigenvalue weighted by molar-refractivity contribution is 0.0976. The van der Waals surface area contributed by atoms with Gasteiger partial charge in [0.05, 0.1) is 42.7 Å². The first-order chi connectivity index (χ1) is 60.5. The van der Waals surface area contributed by atoms with Gasteiger partial charge in [0.1, 0.15) is 23.3 Å². The molecule has 9 heterocycles. The van der Waals surface area contributed by atoms with Crippen molar-refractivity contribution in [2.75, 3.05) is 77.3 Å². The Balaban J connectivity index is 0.000000153. The number of nitrogens with zero attached hydrogens (tertiary/aromatic N) is 21. The lowest BCUT2D eigenvalue weighted by atomic mass is 9.91. The minimum Gasteiger partial charge on any atom is -0.334 e. The molecule has 35 heteroatoms. The Hall–Kier alpha value is -13.7. The number of tetrazole rings is 4. The van der Waals surface area contributed by atoms with E-state index in [-0.39, 0.29) is 55.1 Å². The van der Waals surface area contributed by atoms with Crippen LogP contribution in [0, 0.1) is 48.8 Å². The molecule has 26 nitrogen and oxygen atoms in total. The Labute approximate surface area is 718 Å². The van der Waals surface area contributed by atoms with Crippen LogP contribution in [0.1, 0.15) is 156 Å². The van der Waals surface area contributed by atoms with E-state index in [0.29, 0.717) is 101 Å². The summed E-state index contributed by atoms with van der Waals surface area (Å²) in [6.45, 7) is 10.3. The minimum absolute atomic E-state index is 0. The number of rotatable bonds is 22. The maximum absolute atomic E-state index is 14.3. The van der Waals surface area contributed by atoms with E-state index in [1.54, 1.807) is 87.8 Å². The summed E-state index contributed by atoms with van der Waals surface area (Å²) >= 11 is 6.44. The molecule has 4 aliphatic heterocycles. The molecule has 0 bridgehead atoms. The maximum Gasteiger partial charge on any atom is 0.266 e. The van der Waals surface area contributed by atoms with Gasteiger partial charge in [0.15, 0.2) is 29.0 Å². The van der Waals surface area contributed by atoms with E-state index in [4.69, 9.17) is 15.7 Å². The Kier molecular flexibility index (Phi) is 28.1. The van der Waals surface area contributed by atoms with Crippen molar-refractivity contribution < 1.29 is 58.4 Å². The van der Waals surface area contributed by atoms with Gasteiger partial charge in [0.25, 0.3) is 29.7 Å². The van der Waals surface area contributed by atoms with Gasteiger partial charge in [-0.05, 0) is 196 Å². The van der Waals surface area contributed by atoms with Crippen molar-refractivity contribution in [3.8, 4) is 0 Å².